The van der Waals surface area contributed by atoms with Crippen molar-refractivity contribution in [2.75, 3.05) is 12.3 Å². The number of amides is 1. The zero-order chi connectivity index (χ0) is 15.5. The van der Waals surface area contributed by atoms with E-state index in [0.717, 1.165) is 6.07 Å². The minimum atomic E-state index is -1.10. The van der Waals surface area contributed by atoms with Gasteiger partial charge in [-0.2, -0.15) is 0 Å². The van der Waals surface area contributed by atoms with Crippen molar-refractivity contribution in [1.82, 2.24) is 5.32 Å². The van der Waals surface area contributed by atoms with Crippen molar-refractivity contribution in [1.29, 1.82) is 0 Å². The molecule has 110 valence electrons. The summed E-state index contributed by atoms with van der Waals surface area (Å²) in [4.78, 5) is 23.0. The van der Waals surface area contributed by atoms with Crippen LogP contribution in [-0.2, 0) is 9.53 Å². The summed E-state index contributed by atoms with van der Waals surface area (Å²) in [6, 6.07) is 1.32. The van der Waals surface area contributed by atoms with E-state index in [1.165, 1.54) is 0 Å². The molecule has 0 aromatic heterocycles. The van der Waals surface area contributed by atoms with Crippen LogP contribution in [0, 0.1) is 11.6 Å². The van der Waals surface area contributed by atoms with E-state index in [1.807, 2.05) is 0 Å². The maximum Gasteiger partial charge on any atom is 0.341 e. The van der Waals surface area contributed by atoms with Gasteiger partial charge in [-0.3, -0.25) is 4.79 Å². The Balaban J connectivity index is 2.69. The fourth-order valence-corrected chi connectivity index (χ4v) is 1.39. The molecule has 0 saturated heterocycles. The molecule has 3 N–H and O–H groups in total. The molecule has 0 atom stereocenters. The number of esters is 1. The molecule has 0 aliphatic heterocycles. The Bertz CT molecular complexity index is 539. The molecule has 0 spiro atoms. The highest BCUT2D eigenvalue weighted by Crippen LogP contribution is 2.17. The molecule has 0 unspecified atom stereocenters. The van der Waals surface area contributed by atoms with Gasteiger partial charge in [-0.1, -0.05) is 0 Å². The van der Waals surface area contributed by atoms with Crippen LogP contribution in [0.15, 0.2) is 12.1 Å². The van der Waals surface area contributed by atoms with Gasteiger partial charge in [0.25, 0.3) is 5.91 Å². The number of nitrogens with one attached hydrogen (secondary N) is 1. The van der Waals surface area contributed by atoms with E-state index in [2.05, 4.69) is 10.1 Å². The topological polar surface area (TPSA) is 81.4 Å². The number of halogens is 2. The second-order valence-corrected chi connectivity index (χ2v) is 5.23. The van der Waals surface area contributed by atoms with E-state index in [0.29, 0.717) is 6.07 Å². The van der Waals surface area contributed by atoms with Crippen LogP contribution in [0.25, 0.3) is 0 Å². The first-order valence-electron chi connectivity index (χ1n) is 5.83. The summed E-state index contributed by atoms with van der Waals surface area (Å²) in [5, 5.41) is 2.57. The molecular weight excluding hydrogens is 270 g/mol. The highest BCUT2D eigenvalue weighted by atomic mass is 19.1. The van der Waals surface area contributed by atoms with Crippen molar-refractivity contribution in [3.05, 3.63) is 29.3 Å². The van der Waals surface area contributed by atoms with Crippen LogP contribution < -0.4 is 11.1 Å². The molecule has 1 aromatic carbocycles. The number of carbonyl (C=O) groups excluding carboxylic acids is 2. The van der Waals surface area contributed by atoms with Gasteiger partial charge in [-0.25, -0.2) is 13.6 Å². The molecule has 7 heteroatoms. The minimum absolute atomic E-state index is 0.377. The smallest absolute Gasteiger partial charge is 0.341 e. The van der Waals surface area contributed by atoms with Crippen LogP contribution in [0.3, 0.4) is 0 Å². The Labute approximate surface area is 115 Å². The quantitative estimate of drug-likeness (QED) is 0.653. The van der Waals surface area contributed by atoms with E-state index in [1.54, 1.807) is 20.8 Å². The maximum atomic E-state index is 13.4. The Kier molecular flexibility index (Phi) is 4.65. The van der Waals surface area contributed by atoms with Crippen molar-refractivity contribution < 1.29 is 23.1 Å². The number of benzene rings is 1. The van der Waals surface area contributed by atoms with Crippen LogP contribution in [0.2, 0.25) is 0 Å². The number of carbonyl (C=O) groups is 2. The van der Waals surface area contributed by atoms with Gasteiger partial charge in [0, 0.05) is 11.6 Å². The molecule has 0 aliphatic carbocycles. The lowest BCUT2D eigenvalue weighted by atomic mass is 10.1. The first-order valence-corrected chi connectivity index (χ1v) is 5.83. The lowest BCUT2D eigenvalue weighted by molar-refractivity contribution is -0.125. The Morgan fingerprint density at radius 3 is 2.40 bits per heavy atom. The van der Waals surface area contributed by atoms with Gasteiger partial charge in [0.05, 0.1) is 11.3 Å². The van der Waals surface area contributed by atoms with Gasteiger partial charge in [0.15, 0.2) is 6.61 Å². The molecule has 1 aromatic rings. The molecule has 1 rings (SSSR count). The molecule has 0 fully saturated rings. The number of nitrogen functional groups attached to an aromatic ring is 1. The maximum absolute atomic E-state index is 13.4. The first-order chi connectivity index (χ1) is 9.10. The fourth-order valence-electron chi connectivity index (χ4n) is 1.39. The summed E-state index contributed by atoms with van der Waals surface area (Å²) in [5.74, 6) is -3.68. The van der Waals surface area contributed by atoms with Crippen LogP contribution in [0.5, 0.6) is 0 Å². The van der Waals surface area contributed by atoms with Gasteiger partial charge in [0.1, 0.15) is 11.6 Å². The van der Waals surface area contributed by atoms with E-state index >= 15 is 0 Å². The highest BCUT2D eigenvalue weighted by Gasteiger charge is 2.19. The Hall–Kier alpha value is -2.18. The van der Waals surface area contributed by atoms with Crippen molar-refractivity contribution >= 4 is 17.6 Å². The van der Waals surface area contributed by atoms with E-state index in [4.69, 9.17) is 5.73 Å². The molecule has 0 bridgehead atoms. The highest BCUT2D eigenvalue weighted by molar-refractivity contribution is 5.92. The van der Waals surface area contributed by atoms with Gasteiger partial charge in [0.2, 0.25) is 0 Å². The standard InChI is InChI=1S/C13H16F2N2O3/c1-13(2,3)17-11(18)6-20-12(19)7-4-10(16)9(15)5-8(7)14/h4-5H,6,16H2,1-3H3,(H,17,18). The third-order valence-corrected chi connectivity index (χ3v) is 2.16. The van der Waals surface area contributed by atoms with Crippen molar-refractivity contribution in [3.8, 4) is 0 Å². The summed E-state index contributed by atoms with van der Waals surface area (Å²) < 4.78 is 31.0. The summed E-state index contributed by atoms with van der Waals surface area (Å²) >= 11 is 0. The second kappa shape index (κ2) is 5.85. The number of rotatable bonds is 3. The average Bonchev–Trinajstić information content (AvgIpc) is 2.28. The van der Waals surface area contributed by atoms with Gasteiger partial charge < -0.3 is 15.8 Å². The molecule has 5 nitrogen and oxygen atoms in total. The predicted octanol–water partition coefficient (Wildman–Crippen LogP) is 1.62. The van der Waals surface area contributed by atoms with Crippen LogP contribution in [-0.4, -0.2) is 24.0 Å². The van der Waals surface area contributed by atoms with E-state index in [9.17, 15) is 18.4 Å². The number of ether oxygens (including phenoxy) is 1. The Morgan fingerprint density at radius 1 is 1.25 bits per heavy atom. The zero-order valence-corrected chi connectivity index (χ0v) is 11.4. The third kappa shape index (κ3) is 4.49. The summed E-state index contributed by atoms with van der Waals surface area (Å²) in [5.41, 5.74) is 3.86. The zero-order valence-electron chi connectivity index (χ0n) is 11.4. The van der Waals surface area contributed by atoms with Crippen LogP contribution in [0.4, 0.5) is 14.5 Å². The minimum Gasteiger partial charge on any atom is -0.452 e. The molecule has 20 heavy (non-hydrogen) atoms. The van der Waals surface area contributed by atoms with Crippen LogP contribution >= 0.6 is 0 Å². The predicted molar refractivity (Wildman–Crippen MR) is 68.9 cm³/mol. The monoisotopic (exact) mass is 286 g/mol. The molecule has 0 radical (unpaired) electrons. The fraction of sp³-hybridized carbons (Fsp3) is 0.385. The number of anilines is 1. The van der Waals surface area contributed by atoms with E-state index in [-0.39, 0.29) is 5.69 Å². The number of hydrogen-bond donors (Lipinski definition) is 2. The van der Waals surface area contributed by atoms with Gasteiger partial charge in [-0.15, -0.1) is 0 Å². The second-order valence-electron chi connectivity index (χ2n) is 5.23. The number of hydrogen-bond acceptors (Lipinski definition) is 4. The summed E-state index contributed by atoms with van der Waals surface area (Å²) in [6.07, 6.45) is 0. The summed E-state index contributed by atoms with van der Waals surface area (Å²) in [6.45, 7) is 4.71. The molecule has 0 saturated carbocycles. The normalized spacial score (nSPS) is 11.1. The third-order valence-electron chi connectivity index (χ3n) is 2.16. The lowest BCUT2D eigenvalue weighted by Crippen LogP contribution is -2.42. The SMILES string of the molecule is CC(C)(C)NC(=O)COC(=O)c1cc(N)c(F)cc1F. The first kappa shape index (κ1) is 15.9. The van der Waals surface area contributed by atoms with Crippen molar-refractivity contribution in [2.45, 2.75) is 26.3 Å². The average molecular weight is 286 g/mol. The van der Waals surface area contributed by atoms with E-state index < -0.39 is 41.2 Å². The molecule has 0 heterocycles. The largest absolute Gasteiger partial charge is 0.452 e. The summed E-state index contributed by atoms with van der Waals surface area (Å²) in [7, 11) is 0. The van der Waals surface area contributed by atoms with Crippen LogP contribution in [0.1, 0.15) is 31.1 Å². The van der Waals surface area contributed by atoms with Crippen molar-refractivity contribution in [3.63, 3.8) is 0 Å². The molecular formula is C13H16F2N2O3. The molecule has 1 amide bonds. The molecule has 0 aliphatic rings. The van der Waals surface area contributed by atoms with Gasteiger partial charge in [-0.05, 0) is 26.8 Å². The number of nitrogens with two attached hydrogens (primary N) is 1. The Morgan fingerprint density at radius 2 is 1.85 bits per heavy atom. The lowest BCUT2D eigenvalue weighted by Gasteiger charge is -2.20. The van der Waals surface area contributed by atoms with Gasteiger partial charge >= 0.3 is 5.97 Å². The van der Waals surface area contributed by atoms with Crippen molar-refractivity contribution in [2.24, 2.45) is 0 Å².